The lowest BCUT2D eigenvalue weighted by Gasteiger charge is -2.17. The van der Waals surface area contributed by atoms with Crippen molar-refractivity contribution in [2.24, 2.45) is 5.73 Å². The predicted molar refractivity (Wildman–Crippen MR) is 69.0 cm³/mol. The van der Waals surface area contributed by atoms with Crippen LogP contribution in [0, 0.1) is 0 Å². The maximum Gasteiger partial charge on any atom is 0.159 e. The molecule has 1 aromatic carbocycles. The molecule has 0 bridgehead atoms. The van der Waals surface area contributed by atoms with Crippen molar-refractivity contribution >= 4 is 10.9 Å². The zero-order valence-electron chi connectivity index (χ0n) is 10.1. The van der Waals surface area contributed by atoms with Crippen molar-refractivity contribution in [2.75, 3.05) is 13.2 Å². The Balaban J connectivity index is 1.88. The Bertz CT molecular complexity index is 533. The molecule has 1 fully saturated rings. The number of benzene rings is 1. The number of hydrogen-bond acceptors (Lipinski definition) is 4. The average molecular weight is 244 g/mol. The third-order valence-corrected chi connectivity index (χ3v) is 3.22. The molecule has 3 rings (SSSR count). The van der Waals surface area contributed by atoms with Crippen molar-refractivity contribution in [3.8, 4) is 0 Å². The maximum atomic E-state index is 6.25. The van der Waals surface area contributed by atoms with E-state index in [1.54, 1.807) is 6.20 Å². The minimum absolute atomic E-state index is 0.0963. The molecule has 0 amide bonds. The van der Waals surface area contributed by atoms with Crippen LogP contribution in [0.3, 0.4) is 0 Å². The lowest BCUT2D eigenvalue weighted by atomic mass is 9.99. The van der Waals surface area contributed by atoms with Crippen molar-refractivity contribution in [3.05, 3.63) is 42.1 Å². The summed E-state index contributed by atoms with van der Waals surface area (Å²) >= 11 is 0. The quantitative estimate of drug-likeness (QED) is 0.897. The fourth-order valence-electron chi connectivity index (χ4n) is 2.33. The van der Waals surface area contributed by atoms with Gasteiger partial charge in [-0.1, -0.05) is 18.2 Å². The molecule has 1 saturated heterocycles. The lowest BCUT2D eigenvalue weighted by Crippen LogP contribution is -2.19. The van der Waals surface area contributed by atoms with Crippen LogP contribution in [0.1, 0.15) is 18.0 Å². The third-order valence-electron chi connectivity index (χ3n) is 3.22. The molecule has 2 heterocycles. The number of pyridine rings is 1. The number of ether oxygens (including phenoxy) is 2. The number of rotatable bonds is 3. The lowest BCUT2D eigenvalue weighted by molar-refractivity contribution is -0.0506. The Hall–Kier alpha value is -1.49. The van der Waals surface area contributed by atoms with Gasteiger partial charge in [-0.3, -0.25) is 4.98 Å². The Morgan fingerprint density at radius 3 is 2.89 bits per heavy atom. The first-order valence-electron chi connectivity index (χ1n) is 6.17. The van der Waals surface area contributed by atoms with E-state index < -0.39 is 0 Å². The molecule has 4 heteroatoms. The second kappa shape index (κ2) is 5.02. The minimum atomic E-state index is -0.174. The van der Waals surface area contributed by atoms with Gasteiger partial charge in [0.1, 0.15) is 0 Å². The van der Waals surface area contributed by atoms with E-state index in [0.717, 1.165) is 16.5 Å². The molecule has 0 radical (unpaired) electrons. The monoisotopic (exact) mass is 244 g/mol. The second-order valence-electron chi connectivity index (χ2n) is 4.43. The van der Waals surface area contributed by atoms with Crippen LogP contribution in [-0.4, -0.2) is 24.5 Å². The summed E-state index contributed by atoms with van der Waals surface area (Å²) in [6, 6.07) is 9.91. The Morgan fingerprint density at radius 2 is 2.06 bits per heavy atom. The van der Waals surface area contributed by atoms with Crippen LogP contribution in [0.4, 0.5) is 0 Å². The van der Waals surface area contributed by atoms with Crippen molar-refractivity contribution in [2.45, 2.75) is 18.8 Å². The summed E-state index contributed by atoms with van der Waals surface area (Å²) in [5, 5.41) is 1.10. The zero-order chi connectivity index (χ0) is 12.4. The largest absolute Gasteiger partial charge is 0.350 e. The van der Waals surface area contributed by atoms with E-state index in [0.29, 0.717) is 19.6 Å². The second-order valence-corrected chi connectivity index (χ2v) is 4.43. The number of hydrogen-bond donors (Lipinski definition) is 1. The molecule has 1 unspecified atom stereocenters. The highest BCUT2D eigenvalue weighted by Gasteiger charge is 2.21. The Kier molecular flexibility index (Phi) is 3.23. The van der Waals surface area contributed by atoms with Gasteiger partial charge in [0, 0.05) is 24.0 Å². The zero-order valence-corrected chi connectivity index (χ0v) is 10.1. The van der Waals surface area contributed by atoms with Crippen molar-refractivity contribution in [3.63, 3.8) is 0 Å². The fraction of sp³-hybridized carbons (Fsp3) is 0.357. The first kappa shape index (κ1) is 11.6. The highest BCUT2D eigenvalue weighted by molar-refractivity contribution is 5.82. The molecule has 2 aromatic rings. The molecule has 4 nitrogen and oxygen atoms in total. The molecule has 18 heavy (non-hydrogen) atoms. The smallest absolute Gasteiger partial charge is 0.159 e. The third kappa shape index (κ3) is 2.22. The molecule has 1 aliphatic heterocycles. The number of nitrogens with two attached hydrogens (primary N) is 1. The van der Waals surface area contributed by atoms with E-state index in [4.69, 9.17) is 15.2 Å². The summed E-state index contributed by atoms with van der Waals surface area (Å²) < 4.78 is 10.9. The SMILES string of the molecule is NC(CC1OCCO1)c1cccc2ncccc12. The first-order valence-corrected chi connectivity index (χ1v) is 6.17. The topological polar surface area (TPSA) is 57.4 Å². The molecule has 1 aromatic heterocycles. The highest BCUT2D eigenvalue weighted by Crippen LogP contribution is 2.26. The van der Waals surface area contributed by atoms with Crippen LogP contribution >= 0.6 is 0 Å². The van der Waals surface area contributed by atoms with Gasteiger partial charge in [0.2, 0.25) is 0 Å². The van der Waals surface area contributed by atoms with Crippen LogP contribution in [0.15, 0.2) is 36.5 Å². The normalized spacial score (nSPS) is 18.3. The van der Waals surface area contributed by atoms with Crippen LogP contribution in [0.5, 0.6) is 0 Å². The molecule has 0 aliphatic carbocycles. The Labute approximate surface area is 106 Å². The fourth-order valence-corrected chi connectivity index (χ4v) is 2.33. The molecule has 2 N–H and O–H groups in total. The minimum Gasteiger partial charge on any atom is -0.350 e. The molecule has 0 spiro atoms. The molecule has 94 valence electrons. The summed E-state index contributed by atoms with van der Waals surface area (Å²) in [5.74, 6) is 0. The number of aromatic nitrogens is 1. The van der Waals surface area contributed by atoms with E-state index >= 15 is 0 Å². The van der Waals surface area contributed by atoms with Gasteiger partial charge in [0.05, 0.1) is 18.7 Å². The van der Waals surface area contributed by atoms with Crippen LogP contribution in [0.2, 0.25) is 0 Å². The van der Waals surface area contributed by atoms with Gasteiger partial charge in [-0.25, -0.2) is 0 Å². The maximum absolute atomic E-state index is 6.25. The average Bonchev–Trinajstić information content (AvgIpc) is 2.91. The summed E-state index contributed by atoms with van der Waals surface area (Å²) in [7, 11) is 0. The number of nitrogens with zero attached hydrogens (tertiary/aromatic N) is 1. The van der Waals surface area contributed by atoms with E-state index in [-0.39, 0.29) is 12.3 Å². The van der Waals surface area contributed by atoms with Crippen molar-refractivity contribution in [1.29, 1.82) is 0 Å². The van der Waals surface area contributed by atoms with Gasteiger partial charge in [-0.2, -0.15) is 0 Å². The van der Waals surface area contributed by atoms with E-state index in [2.05, 4.69) is 4.98 Å². The first-order chi connectivity index (χ1) is 8.84. The molecule has 0 saturated carbocycles. The van der Waals surface area contributed by atoms with E-state index in [9.17, 15) is 0 Å². The van der Waals surface area contributed by atoms with Gasteiger partial charge in [0.15, 0.2) is 6.29 Å². The summed E-state index contributed by atoms with van der Waals surface area (Å²) in [6.07, 6.45) is 2.29. The van der Waals surface area contributed by atoms with E-state index in [1.165, 1.54) is 0 Å². The molecule has 1 atom stereocenters. The molecule has 1 aliphatic rings. The van der Waals surface area contributed by atoms with Crippen LogP contribution < -0.4 is 5.73 Å². The van der Waals surface area contributed by atoms with E-state index in [1.807, 2.05) is 30.3 Å². The van der Waals surface area contributed by atoms with Gasteiger partial charge in [0.25, 0.3) is 0 Å². The van der Waals surface area contributed by atoms with Gasteiger partial charge in [-0.05, 0) is 17.7 Å². The summed E-state index contributed by atoms with van der Waals surface area (Å²) in [6.45, 7) is 1.32. The summed E-state index contributed by atoms with van der Waals surface area (Å²) in [5.41, 5.74) is 8.32. The number of fused-ring (bicyclic) bond motifs is 1. The van der Waals surface area contributed by atoms with Gasteiger partial charge >= 0.3 is 0 Å². The van der Waals surface area contributed by atoms with Gasteiger partial charge in [-0.15, -0.1) is 0 Å². The molecular formula is C14H16N2O2. The summed E-state index contributed by atoms with van der Waals surface area (Å²) in [4.78, 5) is 4.34. The van der Waals surface area contributed by atoms with Gasteiger partial charge < -0.3 is 15.2 Å². The Morgan fingerprint density at radius 1 is 1.22 bits per heavy atom. The van der Waals surface area contributed by atoms with Crippen molar-refractivity contribution < 1.29 is 9.47 Å². The predicted octanol–water partition coefficient (Wildman–Crippen LogP) is 2.00. The standard InChI is InChI=1S/C14H16N2O2/c15-12(9-14-17-7-8-18-14)10-3-1-5-13-11(10)4-2-6-16-13/h1-6,12,14H,7-9,15H2. The van der Waals surface area contributed by atoms with Crippen LogP contribution in [-0.2, 0) is 9.47 Å². The van der Waals surface area contributed by atoms with Crippen molar-refractivity contribution in [1.82, 2.24) is 4.98 Å². The molecular weight excluding hydrogens is 228 g/mol. The highest BCUT2D eigenvalue weighted by atomic mass is 16.7. The van der Waals surface area contributed by atoms with Crippen LogP contribution in [0.25, 0.3) is 10.9 Å².